The molecule has 0 radical (unpaired) electrons. The third kappa shape index (κ3) is 4.95. The number of carbonyl (C=O) groups excluding carboxylic acids is 2. The van der Waals surface area contributed by atoms with E-state index in [-0.39, 0.29) is 12.1 Å². The minimum atomic E-state index is -1.17. The zero-order valence-electron chi connectivity index (χ0n) is 14.1. The highest BCUT2D eigenvalue weighted by Crippen LogP contribution is 2.28. The van der Waals surface area contributed by atoms with E-state index in [1.54, 1.807) is 16.7 Å². The van der Waals surface area contributed by atoms with Crippen LogP contribution in [-0.4, -0.2) is 23.0 Å². The SMILES string of the molecule is CC(OC(=O)Cc1csc(-c2cccs2)n1)C(=O)Nc1cc(F)ccc1F. The van der Waals surface area contributed by atoms with E-state index in [0.29, 0.717) is 5.69 Å². The molecular formula is C18H14F2N2O3S2. The van der Waals surface area contributed by atoms with E-state index in [1.807, 2.05) is 17.5 Å². The van der Waals surface area contributed by atoms with Gasteiger partial charge in [0, 0.05) is 11.4 Å². The third-order valence-electron chi connectivity index (χ3n) is 3.47. The molecule has 140 valence electrons. The summed E-state index contributed by atoms with van der Waals surface area (Å²) in [7, 11) is 0. The molecule has 1 aromatic carbocycles. The number of hydrogen-bond acceptors (Lipinski definition) is 6. The molecule has 0 fully saturated rings. The van der Waals surface area contributed by atoms with E-state index in [1.165, 1.54) is 18.3 Å². The maximum absolute atomic E-state index is 13.6. The summed E-state index contributed by atoms with van der Waals surface area (Å²) in [5, 5.41) is 6.70. The Kier molecular flexibility index (Phi) is 5.92. The Balaban J connectivity index is 1.55. The number of nitrogens with one attached hydrogen (secondary N) is 1. The summed E-state index contributed by atoms with van der Waals surface area (Å²) in [4.78, 5) is 29.4. The van der Waals surface area contributed by atoms with Gasteiger partial charge in [-0.15, -0.1) is 22.7 Å². The number of carbonyl (C=O) groups is 2. The average Bonchev–Trinajstić information content (AvgIpc) is 3.29. The monoisotopic (exact) mass is 408 g/mol. The molecule has 3 aromatic rings. The number of aromatic nitrogens is 1. The van der Waals surface area contributed by atoms with Crippen molar-refractivity contribution in [3.05, 3.63) is 58.4 Å². The van der Waals surface area contributed by atoms with Crippen LogP contribution in [0, 0.1) is 11.6 Å². The van der Waals surface area contributed by atoms with Gasteiger partial charge in [0.15, 0.2) is 6.10 Å². The molecule has 0 aliphatic rings. The molecule has 0 saturated carbocycles. The largest absolute Gasteiger partial charge is 0.452 e. The first-order valence-corrected chi connectivity index (χ1v) is 9.62. The first kappa shape index (κ1) is 19.1. The number of thiazole rings is 1. The number of amides is 1. The van der Waals surface area contributed by atoms with Crippen LogP contribution >= 0.6 is 22.7 Å². The van der Waals surface area contributed by atoms with Crippen LogP contribution in [0.1, 0.15) is 12.6 Å². The molecular weight excluding hydrogens is 394 g/mol. The van der Waals surface area contributed by atoms with E-state index in [0.717, 1.165) is 28.1 Å². The topological polar surface area (TPSA) is 68.3 Å². The van der Waals surface area contributed by atoms with Gasteiger partial charge in [-0.3, -0.25) is 9.59 Å². The van der Waals surface area contributed by atoms with Gasteiger partial charge in [0.05, 0.1) is 22.7 Å². The summed E-state index contributed by atoms with van der Waals surface area (Å²) >= 11 is 2.96. The van der Waals surface area contributed by atoms with Gasteiger partial charge in [-0.05, 0) is 30.5 Å². The number of benzene rings is 1. The van der Waals surface area contributed by atoms with Gasteiger partial charge in [-0.1, -0.05) is 6.07 Å². The Hall–Kier alpha value is -2.65. The van der Waals surface area contributed by atoms with Gasteiger partial charge in [0.2, 0.25) is 0 Å². The first-order chi connectivity index (χ1) is 12.9. The quantitative estimate of drug-likeness (QED) is 0.619. The Labute approximate surface area is 161 Å². The zero-order valence-corrected chi connectivity index (χ0v) is 15.7. The van der Waals surface area contributed by atoms with Crippen LogP contribution in [0.4, 0.5) is 14.5 Å². The number of halogens is 2. The van der Waals surface area contributed by atoms with Crippen molar-refractivity contribution in [2.24, 2.45) is 0 Å². The standard InChI is InChI=1S/C18H14F2N2O3S2/c1-10(17(24)22-14-7-11(19)4-5-13(14)20)25-16(23)8-12-9-27-18(21-12)15-3-2-6-26-15/h2-7,9-10H,8H2,1H3,(H,22,24). The fourth-order valence-corrected chi connectivity index (χ4v) is 3.80. The summed E-state index contributed by atoms with van der Waals surface area (Å²) < 4.78 is 31.8. The van der Waals surface area contributed by atoms with E-state index in [4.69, 9.17) is 4.74 Å². The molecule has 2 aromatic heterocycles. The molecule has 1 atom stereocenters. The lowest BCUT2D eigenvalue weighted by atomic mass is 10.2. The second kappa shape index (κ2) is 8.36. The van der Waals surface area contributed by atoms with Gasteiger partial charge in [-0.2, -0.15) is 0 Å². The van der Waals surface area contributed by atoms with Crippen LogP contribution in [0.15, 0.2) is 41.1 Å². The lowest BCUT2D eigenvalue weighted by molar-refractivity contribution is -0.152. The zero-order chi connectivity index (χ0) is 19.4. The van der Waals surface area contributed by atoms with Gasteiger partial charge in [-0.25, -0.2) is 13.8 Å². The van der Waals surface area contributed by atoms with Crippen LogP contribution in [0.5, 0.6) is 0 Å². The number of thiophene rings is 1. The highest BCUT2D eigenvalue weighted by Gasteiger charge is 2.20. The van der Waals surface area contributed by atoms with Crippen molar-refractivity contribution < 1.29 is 23.1 Å². The predicted molar refractivity (Wildman–Crippen MR) is 99.7 cm³/mol. The van der Waals surface area contributed by atoms with E-state index >= 15 is 0 Å². The molecule has 0 saturated heterocycles. The number of nitrogens with zero attached hydrogens (tertiary/aromatic N) is 1. The van der Waals surface area contributed by atoms with Gasteiger partial charge in [0.25, 0.3) is 5.91 Å². The molecule has 9 heteroatoms. The molecule has 27 heavy (non-hydrogen) atoms. The molecule has 3 rings (SSSR count). The number of hydrogen-bond donors (Lipinski definition) is 1. The molecule has 1 amide bonds. The van der Waals surface area contributed by atoms with Crippen LogP contribution in [0.3, 0.4) is 0 Å². The van der Waals surface area contributed by atoms with Crippen molar-refractivity contribution in [1.82, 2.24) is 4.98 Å². The van der Waals surface area contributed by atoms with Crippen LogP contribution in [-0.2, 0) is 20.7 Å². The fraction of sp³-hybridized carbons (Fsp3) is 0.167. The molecule has 0 aliphatic carbocycles. The van der Waals surface area contributed by atoms with Crippen LogP contribution in [0.2, 0.25) is 0 Å². The van der Waals surface area contributed by atoms with Crippen molar-refractivity contribution in [1.29, 1.82) is 0 Å². The number of esters is 1. The fourth-order valence-electron chi connectivity index (χ4n) is 2.17. The third-order valence-corrected chi connectivity index (χ3v) is 5.40. The average molecular weight is 408 g/mol. The molecule has 2 heterocycles. The van der Waals surface area contributed by atoms with Gasteiger partial charge >= 0.3 is 5.97 Å². The molecule has 1 unspecified atom stereocenters. The van der Waals surface area contributed by atoms with Crippen molar-refractivity contribution in [3.63, 3.8) is 0 Å². The van der Waals surface area contributed by atoms with E-state index in [2.05, 4.69) is 10.3 Å². The second-order valence-corrected chi connectivity index (χ2v) is 7.35. The number of rotatable bonds is 6. The lowest BCUT2D eigenvalue weighted by Gasteiger charge is -2.13. The summed E-state index contributed by atoms with van der Waals surface area (Å²) in [5.74, 6) is -2.88. The Morgan fingerprint density at radius 1 is 1.26 bits per heavy atom. The summed E-state index contributed by atoms with van der Waals surface area (Å²) in [6, 6.07) is 6.53. The van der Waals surface area contributed by atoms with Crippen molar-refractivity contribution >= 4 is 40.2 Å². The minimum Gasteiger partial charge on any atom is -0.452 e. The molecule has 0 aliphatic heterocycles. The maximum Gasteiger partial charge on any atom is 0.312 e. The Morgan fingerprint density at radius 2 is 2.07 bits per heavy atom. The summed E-state index contributed by atoms with van der Waals surface area (Å²) in [6.45, 7) is 1.35. The smallest absolute Gasteiger partial charge is 0.312 e. The molecule has 5 nitrogen and oxygen atoms in total. The normalized spacial score (nSPS) is 11.8. The highest BCUT2D eigenvalue weighted by molar-refractivity contribution is 7.20. The first-order valence-electron chi connectivity index (χ1n) is 7.86. The van der Waals surface area contributed by atoms with Crippen molar-refractivity contribution in [2.45, 2.75) is 19.4 Å². The summed E-state index contributed by atoms with van der Waals surface area (Å²) in [6.07, 6.45) is -1.26. The van der Waals surface area contributed by atoms with Crippen LogP contribution in [0.25, 0.3) is 9.88 Å². The van der Waals surface area contributed by atoms with Gasteiger partial charge < -0.3 is 10.1 Å². The maximum atomic E-state index is 13.6. The van der Waals surface area contributed by atoms with Crippen LogP contribution < -0.4 is 5.32 Å². The Morgan fingerprint density at radius 3 is 2.81 bits per heavy atom. The lowest BCUT2D eigenvalue weighted by Crippen LogP contribution is -2.30. The molecule has 0 spiro atoms. The van der Waals surface area contributed by atoms with E-state index < -0.39 is 29.6 Å². The minimum absolute atomic E-state index is 0.0895. The highest BCUT2D eigenvalue weighted by atomic mass is 32.1. The number of anilines is 1. The van der Waals surface area contributed by atoms with Gasteiger partial charge in [0.1, 0.15) is 16.6 Å². The van der Waals surface area contributed by atoms with Crippen molar-refractivity contribution in [3.8, 4) is 9.88 Å². The number of ether oxygens (including phenoxy) is 1. The predicted octanol–water partition coefficient (Wildman–Crippen LogP) is 4.26. The summed E-state index contributed by atoms with van der Waals surface area (Å²) in [5.41, 5.74) is 0.222. The Bertz CT molecular complexity index is 957. The van der Waals surface area contributed by atoms with Crippen molar-refractivity contribution in [2.75, 3.05) is 5.32 Å². The molecule has 1 N–H and O–H groups in total. The van der Waals surface area contributed by atoms with E-state index in [9.17, 15) is 18.4 Å². The second-order valence-electron chi connectivity index (χ2n) is 5.54. The molecule has 0 bridgehead atoms.